The van der Waals surface area contributed by atoms with E-state index >= 15 is 0 Å². The maximum Gasteiger partial charge on any atom is 0.209 e. The van der Waals surface area contributed by atoms with Crippen LogP contribution in [0.25, 0.3) is 0 Å². The Kier molecular flexibility index (Phi) is 5.39. The molecule has 0 saturated carbocycles. The summed E-state index contributed by atoms with van der Waals surface area (Å²) in [6.45, 7) is 11.8. The number of anilines is 1. The van der Waals surface area contributed by atoms with Gasteiger partial charge in [0, 0.05) is 41.1 Å². The Hall–Kier alpha value is -3.40. The molecule has 0 aromatic heterocycles. The van der Waals surface area contributed by atoms with Crippen LogP contribution in [0.5, 0.6) is 0 Å². The Morgan fingerprint density at radius 2 is 1.60 bits per heavy atom. The topological polar surface area (TPSA) is 43.5 Å². The first-order valence-electron chi connectivity index (χ1n) is 12.6. The van der Waals surface area contributed by atoms with Crippen LogP contribution in [0.2, 0.25) is 0 Å². The Morgan fingerprint density at radius 3 is 2.26 bits per heavy atom. The Balaban J connectivity index is 1.55. The van der Waals surface area contributed by atoms with Gasteiger partial charge in [-0.25, -0.2) is 0 Å². The van der Waals surface area contributed by atoms with Crippen LogP contribution in [0.3, 0.4) is 0 Å². The number of unbranched alkanes of at least 4 members (excludes halogenated alkanes) is 1. The van der Waals surface area contributed by atoms with Crippen LogP contribution in [0.4, 0.5) is 11.4 Å². The predicted octanol–water partition coefficient (Wildman–Crippen LogP) is 6.50. The number of aliphatic hydroxyl groups excluding tert-OH is 1. The first-order valence-corrected chi connectivity index (χ1v) is 12.6. The van der Waals surface area contributed by atoms with Crippen molar-refractivity contribution in [1.29, 1.82) is 0 Å². The molecule has 0 bridgehead atoms. The molecule has 2 aromatic rings. The lowest BCUT2D eigenvalue weighted by atomic mass is 9.77. The molecule has 0 spiro atoms. The summed E-state index contributed by atoms with van der Waals surface area (Å²) < 4.78 is 2.13. The molecular formula is C31H35N2O2+. The number of carbonyl (C=O) groups excluding carboxylic acids is 1. The van der Waals surface area contributed by atoms with E-state index in [4.69, 9.17) is 0 Å². The molecule has 2 heterocycles. The second kappa shape index (κ2) is 8.08. The quantitative estimate of drug-likeness (QED) is 0.403. The van der Waals surface area contributed by atoms with E-state index < -0.39 is 0 Å². The summed E-state index contributed by atoms with van der Waals surface area (Å²) in [6, 6.07) is 16.8. The molecule has 4 heteroatoms. The molecule has 0 unspecified atom stereocenters. The molecule has 1 N–H and O–H groups in total. The number of fused-ring (bicyclic) bond motifs is 2. The van der Waals surface area contributed by atoms with E-state index in [9.17, 15) is 9.90 Å². The van der Waals surface area contributed by atoms with Crippen LogP contribution >= 0.6 is 0 Å². The lowest BCUT2D eigenvalue weighted by molar-refractivity contribution is -0.401. The smallest absolute Gasteiger partial charge is 0.209 e. The summed E-state index contributed by atoms with van der Waals surface area (Å²) in [6.07, 6.45) is 5.96. The number of carbonyl (C=O) groups is 1. The van der Waals surface area contributed by atoms with Gasteiger partial charge in [0.1, 0.15) is 12.8 Å². The number of allylic oxidation sites excluding steroid dienone is 5. The van der Waals surface area contributed by atoms with Crippen LogP contribution < -0.4 is 4.90 Å². The van der Waals surface area contributed by atoms with Gasteiger partial charge in [0.2, 0.25) is 11.5 Å². The molecule has 4 nitrogen and oxygen atoms in total. The van der Waals surface area contributed by atoms with Crippen molar-refractivity contribution >= 4 is 22.9 Å². The van der Waals surface area contributed by atoms with Gasteiger partial charge in [0.05, 0.1) is 16.6 Å². The number of aliphatic hydroxyl groups is 1. The zero-order valence-electron chi connectivity index (χ0n) is 21.6. The fourth-order valence-electron chi connectivity index (χ4n) is 5.90. The van der Waals surface area contributed by atoms with E-state index in [0.717, 1.165) is 36.5 Å². The number of rotatable bonds is 5. The summed E-state index contributed by atoms with van der Waals surface area (Å²) in [4.78, 5) is 15.7. The molecule has 5 rings (SSSR count). The molecule has 0 amide bonds. The third kappa shape index (κ3) is 3.34. The monoisotopic (exact) mass is 467 g/mol. The summed E-state index contributed by atoms with van der Waals surface area (Å²) >= 11 is 0. The third-order valence-corrected chi connectivity index (χ3v) is 8.04. The molecular weight excluding hydrogens is 432 g/mol. The van der Waals surface area contributed by atoms with Gasteiger partial charge in [-0.2, -0.15) is 4.58 Å². The Bertz CT molecular complexity index is 1370. The van der Waals surface area contributed by atoms with Crippen LogP contribution in [-0.2, 0) is 15.6 Å². The predicted molar refractivity (Wildman–Crippen MR) is 143 cm³/mol. The second-order valence-electron chi connectivity index (χ2n) is 10.9. The fourth-order valence-corrected chi connectivity index (χ4v) is 5.90. The van der Waals surface area contributed by atoms with Gasteiger partial charge in [0.25, 0.3) is 0 Å². The van der Waals surface area contributed by atoms with Crippen LogP contribution in [0.1, 0.15) is 58.6 Å². The number of nitrogens with zero attached hydrogens (tertiary/aromatic N) is 2. The average Bonchev–Trinajstić information content (AvgIpc) is 3.18. The fraction of sp³-hybridized carbons (Fsp3) is 0.355. The molecule has 35 heavy (non-hydrogen) atoms. The summed E-state index contributed by atoms with van der Waals surface area (Å²) in [5.74, 6) is 0.00204. The van der Waals surface area contributed by atoms with E-state index in [-0.39, 0.29) is 22.4 Å². The minimum absolute atomic E-state index is 0.0927. The average molecular weight is 468 g/mol. The Morgan fingerprint density at radius 1 is 0.943 bits per heavy atom. The highest BCUT2D eigenvalue weighted by Gasteiger charge is 2.46. The van der Waals surface area contributed by atoms with E-state index in [2.05, 4.69) is 80.5 Å². The van der Waals surface area contributed by atoms with Gasteiger partial charge in [-0.3, -0.25) is 4.79 Å². The van der Waals surface area contributed by atoms with Crippen molar-refractivity contribution in [3.63, 3.8) is 0 Å². The summed E-state index contributed by atoms with van der Waals surface area (Å²) in [5.41, 5.74) is 7.20. The van der Waals surface area contributed by atoms with Gasteiger partial charge in [-0.1, -0.05) is 63.6 Å². The number of Topliss-reactive ketones (excluding diaryl/α,β-unsaturated/α-hetero) is 1. The molecule has 2 aliphatic heterocycles. The highest BCUT2D eigenvalue weighted by atomic mass is 16.3. The number of hydrogen-bond donors (Lipinski definition) is 1. The molecule has 3 aliphatic rings. The van der Waals surface area contributed by atoms with E-state index in [1.54, 1.807) is 0 Å². The largest absolute Gasteiger partial charge is 0.506 e. The van der Waals surface area contributed by atoms with Crippen LogP contribution in [0, 0.1) is 0 Å². The van der Waals surface area contributed by atoms with Crippen molar-refractivity contribution in [3.8, 4) is 0 Å². The second-order valence-corrected chi connectivity index (χ2v) is 10.9. The number of para-hydroxylation sites is 2. The van der Waals surface area contributed by atoms with Crippen molar-refractivity contribution in [2.24, 2.45) is 0 Å². The molecule has 2 aromatic carbocycles. The van der Waals surface area contributed by atoms with E-state index in [1.807, 2.05) is 31.3 Å². The normalized spacial score (nSPS) is 22.2. The summed E-state index contributed by atoms with van der Waals surface area (Å²) in [5, 5.41) is 11.1. The molecule has 180 valence electrons. The minimum Gasteiger partial charge on any atom is -0.506 e. The Labute approximate surface area is 208 Å². The van der Waals surface area contributed by atoms with Crippen molar-refractivity contribution < 1.29 is 14.5 Å². The maximum atomic E-state index is 13.4. The number of benzene rings is 2. The van der Waals surface area contributed by atoms with Crippen molar-refractivity contribution in [1.82, 2.24) is 0 Å². The lowest BCUT2D eigenvalue weighted by Gasteiger charge is -2.29. The zero-order valence-corrected chi connectivity index (χ0v) is 21.6. The van der Waals surface area contributed by atoms with Crippen LogP contribution in [-0.4, -0.2) is 34.8 Å². The van der Waals surface area contributed by atoms with E-state index in [1.165, 1.54) is 16.8 Å². The summed E-state index contributed by atoms with van der Waals surface area (Å²) in [7, 11) is 2.02. The molecule has 1 aliphatic carbocycles. The van der Waals surface area contributed by atoms with Gasteiger partial charge in [-0.05, 0) is 38.0 Å². The minimum atomic E-state index is -0.251. The molecule has 0 saturated heterocycles. The lowest BCUT2D eigenvalue weighted by Crippen LogP contribution is -2.31. The first kappa shape index (κ1) is 23.3. The zero-order chi connectivity index (χ0) is 25.1. The maximum absolute atomic E-state index is 13.4. The SMILES string of the molecule is CCCCN1/C(=C/C2=C(O)C(=C/C3=[N+](C)c4ccccc4C3(C)C)/C2=O)C(C)(C)c2ccccc21. The molecule has 0 radical (unpaired) electrons. The van der Waals surface area contributed by atoms with Crippen molar-refractivity contribution in [2.75, 3.05) is 18.5 Å². The van der Waals surface area contributed by atoms with Crippen LogP contribution in [0.15, 0.2) is 83.3 Å². The van der Waals surface area contributed by atoms with Crippen molar-refractivity contribution in [2.45, 2.75) is 58.3 Å². The third-order valence-electron chi connectivity index (χ3n) is 8.04. The van der Waals surface area contributed by atoms with Crippen molar-refractivity contribution in [3.05, 3.63) is 94.4 Å². The molecule has 0 fully saturated rings. The van der Waals surface area contributed by atoms with Gasteiger partial charge in [-0.15, -0.1) is 0 Å². The number of hydrogen-bond acceptors (Lipinski definition) is 3. The first-order chi connectivity index (χ1) is 16.6. The highest BCUT2D eigenvalue weighted by Crippen LogP contribution is 2.49. The highest BCUT2D eigenvalue weighted by molar-refractivity contribution is 6.24. The standard InChI is InChI=1S/C31H34N2O2/c1-7-8-17-33-25-16-12-10-14-23(25)31(4,5)27(33)19-21-28(34)20(29(21)35)18-26-30(2,3)22-13-9-11-15-24(22)32(26)6/h9-16,18-19H,7-8,17H2,1-6H3/p+1. The number of ketones is 1. The van der Waals surface area contributed by atoms with E-state index in [0.29, 0.717) is 11.1 Å². The van der Waals surface area contributed by atoms with Gasteiger partial charge >= 0.3 is 0 Å². The van der Waals surface area contributed by atoms with Gasteiger partial charge < -0.3 is 10.0 Å². The molecule has 0 atom stereocenters. The van der Waals surface area contributed by atoms with Gasteiger partial charge in [0.15, 0.2) is 5.71 Å².